The molecule has 0 radical (unpaired) electrons. The number of fused-ring (bicyclic) bond motifs is 1. The first-order chi connectivity index (χ1) is 19.0. The third-order valence-corrected chi connectivity index (χ3v) is 7.73. The standard InChI is InChI=1S/C36H43NO3/c1-35(2,3)39-30-17-19-32-29(24-30)16-18-31(27-10-8-7-9-11-27)33(32)28-14-12-25(13-15-28)26-20-22-37(23-21-26)34(38)40-36(4,5)6/h7-15,17,19-20,24,31,33H,16,18,21-23H2,1-6H3. The molecule has 0 bridgehead atoms. The lowest BCUT2D eigenvalue weighted by Crippen LogP contribution is -2.39. The van der Waals surface area contributed by atoms with Crippen molar-refractivity contribution >= 4 is 11.7 Å². The minimum Gasteiger partial charge on any atom is -0.488 e. The van der Waals surface area contributed by atoms with Crippen LogP contribution in [0.4, 0.5) is 4.79 Å². The van der Waals surface area contributed by atoms with E-state index < -0.39 is 5.60 Å². The van der Waals surface area contributed by atoms with Gasteiger partial charge in [0.15, 0.2) is 0 Å². The summed E-state index contributed by atoms with van der Waals surface area (Å²) in [4.78, 5) is 14.3. The van der Waals surface area contributed by atoms with E-state index in [2.05, 4.69) is 99.6 Å². The topological polar surface area (TPSA) is 38.8 Å². The van der Waals surface area contributed by atoms with Crippen LogP contribution in [0.1, 0.15) is 94.0 Å². The number of carbonyl (C=O) groups is 1. The monoisotopic (exact) mass is 537 g/mol. The third-order valence-electron chi connectivity index (χ3n) is 7.73. The lowest BCUT2D eigenvalue weighted by atomic mass is 9.69. The molecule has 0 fully saturated rings. The maximum Gasteiger partial charge on any atom is 0.410 e. The molecule has 0 aromatic heterocycles. The molecule has 0 saturated carbocycles. The Morgan fingerprint density at radius 3 is 2.17 bits per heavy atom. The first-order valence-corrected chi connectivity index (χ1v) is 14.6. The molecule has 5 rings (SSSR count). The largest absolute Gasteiger partial charge is 0.488 e. The van der Waals surface area contributed by atoms with Crippen molar-refractivity contribution in [3.8, 4) is 5.75 Å². The van der Waals surface area contributed by atoms with E-state index in [0.717, 1.165) is 25.0 Å². The molecule has 2 atom stereocenters. The Hall–Kier alpha value is -3.53. The highest BCUT2D eigenvalue weighted by molar-refractivity contribution is 5.73. The second-order valence-corrected chi connectivity index (χ2v) is 13.1. The Bertz CT molecular complexity index is 1360. The fourth-order valence-electron chi connectivity index (χ4n) is 6.01. The van der Waals surface area contributed by atoms with Gasteiger partial charge in [0.05, 0.1) is 0 Å². The fourth-order valence-corrected chi connectivity index (χ4v) is 6.01. The van der Waals surface area contributed by atoms with E-state index in [1.807, 2.05) is 20.8 Å². The van der Waals surface area contributed by atoms with E-state index in [0.29, 0.717) is 19.0 Å². The zero-order chi connectivity index (χ0) is 28.5. The average molecular weight is 538 g/mol. The van der Waals surface area contributed by atoms with Crippen LogP contribution in [0.25, 0.3) is 5.57 Å². The van der Waals surface area contributed by atoms with Gasteiger partial charge < -0.3 is 14.4 Å². The van der Waals surface area contributed by atoms with E-state index >= 15 is 0 Å². The van der Waals surface area contributed by atoms with Crippen molar-refractivity contribution < 1.29 is 14.3 Å². The summed E-state index contributed by atoms with van der Waals surface area (Å²) in [5.74, 6) is 1.65. The van der Waals surface area contributed by atoms with E-state index in [9.17, 15) is 4.79 Å². The van der Waals surface area contributed by atoms with Crippen LogP contribution in [0.2, 0.25) is 0 Å². The van der Waals surface area contributed by atoms with Gasteiger partial charge in [0.25, 0.3) is 0 Å². The number of ether oxygens (including phenoxy) is 2. The maximum absolute atomic E-state index is 12.5. The quantitative estimate of drug-likeness (QED) is 0.334. The van der Waals surface area contributed by atoms with E-state index in [4.69, 9.17) is 9.47 Å². The summed E-state index contributed by atoms with van der Waals surface area (Å²) in [7, 11) is 0. The molecule has 4 heteroatoms. The summed E-state index contributed by atoms with van der Waals surface area (Å²) < 4.78 is 11.8. The molecule has 0 saturated heterocycles. The van der Waals surface area contributed by atoms with Crippen molar-refractivity contribution in [1.82, 2.24) is 4.90 Å². The van der Waals surface area contributed by atoms with Crippen molar-refractivity contribution in [3.05, 3.63) is 107 Å². The van der Waals surface area contributed by atoms with Crippen LogP contribution in [0.5, 0.6) is 5.75 Å². The van der Waals surface area contributed by atoms with Crippen molar-refractivity contribution in [3.63, 3.8) is 0 Å². The van der Waals surface area contributed by atoms with Gasteiger partial charge in [0.2, 0.25) is 0 Å². The van der Waals surface area contributed by atoms with E-state index in [1.165, 1.54) is 33.4 Å². The molecule has 3 aromatic carbocycles. The molecule has 40 heavy (non-hydrogen) atoms. The number of carbonyl (C=O) groups excluding carboxylic acids is 1. The number of benzene rings is 3. The summed E-state index contributed by atoms with van der Waals surface area (Å²) in [6, 6.07) is 26.8. The molecule has 1 heterocycles. The first-order valence-electron chi connectivity index (χ1n) is 14.6. The van der Waals surface area contributed by atoms with Crippen molar-refractivity contribution in [1.29, 1.82) is 0 Å². The zero-order valence-corrected chi connectivity index (χ0v) is 24.9. The molecule has 1 amide bonds. The minimum absolute atomic E-state index is 0.220. The smallest absolute Gasteiger partial charge is 0.410 e. The highest BCUT2D eigenvalue weighted by Gasteiger charge is 2.32. The second-order valence-electron chi connectivity index (χ2n) is 13.1. The van der Waals surface area contributed by atoms with Gasteiger partial charge in [-0.05, 0) is 112 Å². The van der Waals surface area contributed by atoms with Gasteiger partial charge in [0.1, 0.15) is 17.0 Å². The van der Waals surface area contributed by atoms with Gasteiger partial charge in [0, 0.05) is 19.0 Å². The Balaban J connectivity index is 1.41. The summed E-state index contributed by atoms with van der Waals surface area (Å²) in [5, 5.41) is 0. The molecular weight excluding hydrogens is 494 g/mol. The Kier molecular flexibility index (Phi) is 7.81. The normalized spacial score (nSPS) is 19.4. The molecule has 2 aliphatic rings. The summed E-state index contributed by atoms with van der Waals surface area (Å²) in [6.07, 6.45) is 4.91. The Labute approximate surface area is 240 Å². The third kappa shape index (κ3) is 6.60. The number of rotatable bonds is 4. The van der Waals surface area contributed by atoms with E-state index in [1.54, 1.807) is 4.90 Å². The molecule has 3 aromatic rings. The summed E-state index contributed by atoms with van der Waals surface area (Å²) in [6.45, 7) is 13.3. The van der Waals surface area contributed by atoms with Crippen LogP contribution in [0, 0.1) is 0 Å². The Morgan fingerprint density at radius 1 is 0.825 bits per heavy atom. The lowest BCUT2D eigenvalue weighted by molar-refractivity contribution is 0.0270. The molecular formula is C36H43NO3. The highest BCUT2D eigenvalue weighted by Crippen LogP contribution is 2.47. The molecule has 4 nitrogen and oxygen atoms in total. The molecule has 1 aliphatic heterocycles. The Morgan fingerprint density at radius 2 is 1.55 bits per heavy atom. The van der Waals surface area contributed by atoms with Gasteiger partial charge in [-0.1, -0.05) is 66.7 Å². The number of nitrogens with zero attached hydrogens (tertiary/aromatic N) is 1. The fraction of sp³-hybridized carbons (Fsp3) is 0.417. The van der Waals surface area contributed by atoms with Crippen molar-refractivity contribution in [2.45, 2.75) is 83.8 Å². The highest BCUT2D eigenvalue weighted by atomic mass is 16.6. The zero-order valence-electron chi connectivity index (χ0n) is 24.9. The van der Waals surface area contributed by atoms with Crippen LogP contribution in [0.3, 0.4) is 0 Å². The van der Waals surface area contributed by atoms with Crippen LogP contribution in [-0.2, 0) is 11.2 Å². The van der Waals surface area contributed by atoms with Gasteiger partial charge in [-0.3, -0.25) is 0 Å². The molecule has 0 N–H and O–H groups in total. The van der Waals surface area contributed by atoms with Crippen LogP contribution in [0.15, 0.2) is 78.9 Å². The number of amides is 1. The van der Waals surface area contributed by atoms with Gasteiger partial charge >= 0.3 is 6.09 Å². The minimum atomic E-state index is -0.479. The van der Waals surface area contributed by atoms with Crippen molar-refractivity contribution in [2.24, 2.45) is 0 Å². The molecule has 0 spiro atoms. The van der Waals surface area contributed by atoms with Gasteiger partial charge in [-0.2, -0.15) is 0 Å². The van der Waals surface area contributed by atoms with Crippen LogP contribution < -0.4 is 4.74 Å². The van der Waals surface area contributed by atoms with Gasteiger partial charge in [-0.15, -0.1) is 0 Å². The van der Waals surface area contributed by atoms with Gasteiger partial charge in [-0.25, -0.2) is 4.79 Å². The predicted molar refractivity (Wildman–Crippen MR) is 163 cm³/mol. The predicted octanol–water partition coefficient (Wildman–Crippen LogP) is 8.75. The first kappa shape index (κ1) is 28.0. The number of hydrogen-bond acceptors (Lipinski definition) is 3. The average Bonchev–Trinajstić information content (AvgIpc) is 2.91. The molecule has 1 aliphatic carbocycles. The number of aryl methyl sites for hydroxylation is 1. The van der Waals surface area contributed by atoms with Crippen molar-refractivity contribution in [2.75, 3.05) is 13.1 Å². The van der Waals surface area contributed by atoms with E-state index in [-0.39, 0.29) is 17.6 Å². The molecule has 2 unspecified atom stereocenters. The van der Waals surface area contributed by atoms with Crippen LogP contribution >= 0.6 is 0 Å². The summed E-state index contributed by atoms with van der Waals surface area (Å²) >= 11 is 0. The lowest BCUT2D eigenvalue weighted by Gasteiger charge is -2.35. The SMILES string of the molecule is CC(C)(C)OC(=O)N1CC=C(c2ccc(C3c4ccc(OC(C)(C)C)cc4CCC3c3ccccc3)cc2)CC1. The summed E-state index contributed by atoms with van der Waals surface area (Å²) in [5.41, 5.74) is 7.35. The number of hydrogen-bond donors (Lipinski definition) is 0. The molecule has 210 valence electrons. The maximum atomic E-state index is 12.5. The second kappa shape index (κ2) is 11.2. The van der Waals surface area contributed by atoms with Crippen LogP contribution in [-0.4, -0.2) is 35.3 Å².